The number of nitrogens with zero attached hydrogens (tertiary/aromatic N) is 2. The Morgan fingerprint density at radius 2 is 1.71 bits per heavy atom. The van der Waals surface area contributed by atoms with Crippen molar-refractivity contribution in [1.82, 2.24) is 21.0 Å². The second-order valence-electron chi connectivity index (χ2n) is 7.28. The first-order chi connectivity index (χ1) is 16.9. The van der Waals surface area contributed by atoms with Crippen LogP contribution in [0, 0.1) is 0 Å². The number of ether oxygens (including phenoxy) is 4. The van der Waals surface area contributed by atoms with Gasteiger partial charge in [-0.25, -0.2) is 0 Å². The smallest absolute Gasteiger partial charge is 0.279 e. The first-order valence-corrected chi connectivity index (χ1v) is 11.0. The van der Waals surface area contributed by atoms with Crippen LogP contribution in [-0.4, -0.2) is 48.9 Å². The Labute approximate surface area is 202 Å². The van der Waals surface area contributed by atoms with Crippen LogP contribution in [0.3, 0.4) is 0 Å². The number of benzene rings is 2. The van der Waals surface area contributed by atoms with Crippen molar-refractivity contribution in [3.8, 4) is 34.4 Å². The van der Waals surface area contributed by atoms with Gasteiger partial charge in [-0.15, -0.1) is 0 Å². The minimum atomic E-state index is -0.826. The molecular weight excluding hydrogens is 456 g/mol. The van der Waals surface area contributed by atoms with E-state index < -0.39 is 17.9 Å². The van der Waals surface area contributed by atoms with Crippen LogP contribution in [0.1, 0.15) is 26.2 Å². The van der Waals surface area contributed by atoms with Gasteiger partial charge in [0.15, 0.2) is 17.6 Å². The molecule has 0 aliphatic carbocycles. The summed E-state index contributed by atoms with van der Waals surface area (Å²) >= 11 is 0. The minimum absolute atomic E-state index is 0.0297. The van der Waals surface area contributed by atoms with Crippen LogP contribution in [0.4, 0.5) is 0 Å². The Morgan fingerprint density at radius 3 is 2.40 bits per heavy atom. The normalized spacial score (nSPS) is 11.3. The number of nitrogens with one attached hydrogen (secondary N) is 2. The van der Waals surface area contributed by atoms with Gasteiger partial charge in [-0.2, -0.15) is 4.98 Å². The first-order valence-electron chi connectivity index (χ1n) is 11.0. The zero-order valence-electron chi connectivity index (χ0n) is 20.0. The summed E-state index contributed by atoms with van der Waals surface area (Å²) in [5, 5.41) is 3.94. The quantitative estimate of drug-likeness (QED) is 0.394. The third kappa shape index (κ3) is 7.10. The largest absolute Gasteiger partial charge is 0.494 e. The fourth-order valence-electron chi connectivity index (χ4n) is 3.00. The molecule has 186 valence electrons. The van der Waals surface area contributed by atoms with Crippen molar-refractivity contribution >= 4 is 11.8 Å². The molecule has 2 amide bonds. The molecular formula is C24H28N4O7. The number of hydrazine groups is 1. The first kappa shape index (κ1) is 25.3. The topological polar surface area (TPSA) is 134 Å². The summed E-state index contributed by atoms with van der Waals surface area (Å²) < 4.78 is 26.7. The Balaban J connectivity index is 1.44. The van der Waals surface area contributed by atoms with Crippen LogP contribution in [0.25, 0.3) is 11.4 Å². The van der Waals surface area contributed by atoms with Gasteiger partial charge in [0.25, 0.3) is 5.91 Å². The van der Waals surface area contributed by atoms with Crippen molar-refractivity contribution in [3.05, 3.63) is 48.4 Å². The van der Waals surface area contributed by atoms with Gasteiger partial charge in [0.1, 0.15) is 11.5 Å². The monoisotopic (exact) mass is 484 g/mol. The molecule has 0 spiro atoms. The number of carbonyl (C=O) groups is 2. The number of amides is 2. The van der Waals surface area contributed by atoms with E-state index in [0.29, 0.717) is 41.0 Å². The van der Waals surface area contributed by atoms with Crippen LogP contribution >= 0.6 is 0 Å². The number of hydrogen-bond donors (Lipinski definition) is 2. The molecule has 11 heteroatoms. The number of carbonyl (C=O) groups excluding carboxylic acids is 2. The zero-order valence-corrected chi connectivity index (χ0v) is 20.0. The molecule has 1 aromatic heterocycles. The molecule has 2 N–H and O–H groups in total. The van der Waals surface area contributed by atoms with Crippen LogP contribution in [0.5, 0.6) is 23.0 Å². The van der Waals surface area contributed by atoms with Crippen molar-refractivity contribution in [2.24, 2.45) is 0 Å². The number of methoxy groups -OCH3 is 2. The van der Waals surface area contributed by atoms with Crippen molar-refractivity contribution in [3.63, 3.8) is 0 Å². The summed E-state index contributed by atoms with van der Waals surface area (Å²) in [5.74, 6) is 2.05. The lowest BCUT2D eigenvalue weighted by atomic mass is 10.2. The van der Waals surface area contributed by atoms with Gasteiger partial charge in [-0.1, -0.05) is 5.16 Å². The molecule has 0 saturated carbocycles. The molecule has 3 aromatic rings. The predicted octanol–water partition coefficient (Wildman–Crippen LogP) is 2.70. The third-order valence-electron chi connectivity index (χ3n) is 4.82. The molecule has 1 heterocycles. The van der Waals surface area contributed by atoms with Gasteiger partial charge < -0.3 is 23.5 Å². The van der Waals surface area contributed by atoms with E-state index in [2.05, 4.69) is 21.0 Å². The number of aryl methyl sites for hydroxylation is 1. The maximum atomic E-state index is 12.2. The maximum absolute atomic E-state index is 12.2. The van der Waals surface area contributed by atoms with Gasteiger partial charge in [0.05, 0.1) is 20.8 Å². The Morgan fingerprint density at radius 1 is 1.00 bits per heavy atom. The Bertz CT molecular complexity index is 1130. The molecule has 0 aliphatic heterocycles. The van der Waals surface area contributed by atoms with E-state index in [1.54, 1.807) is 56.5 Å². The van der Waals surface area contributed by atoms with E-state index in [0.717, 1.165) is 0 Å². The van der Waals surface area contributed by atoms with E-state index in [9.17, 15) is 9.59 Å². The fraction of sp³-hybridized carbons (Fsp3) is 0.333. The second-order valence-corrected chi connectivity index (χ2v) is 7.28. The molecule has 0 fully saturated rings. The van der Waals surface area contributed by atoms with Crippen LogP contribution < -0.4 is 29.8 Å². The average Bonchev–Trinajstić information content (AvgIpc) is 3.36. The van der Waals surface area contributed by atoms with Crippen molar-refractivity contribution < 1.29 is 33.1 Å². The maximum Gasteiger partial charge on any atom is 0.279 e. The van der Waals surface area contributed by atoms with Crippen LogP contribution in [0.15, 0.2) is 47.0 Å². The molecule has 0 radical (unpaired) electrons. The molecule has 11 nitrogen and oxygen atoms in total. The summed E-state index contributed by atoms with van der Waals surface area (Å²) in [5.41, 5.74) is 5.37. The van der Waals surface area contributed by atoms with Gasteiger partial charge >= 0.3 is 0 Å². The van der Waals surface area contributed by atoms with Crippen molar-refractivity contribution in [2.75, 3.05) is 20.8 Å². The third-order valence-corrected chi connectivity index (χ3v) is 4.82. The molecule has 1 unspecified atom stereocenters. The number of rotatable bonds is 11. The average molecular weight is 485 g/mol. The van der Waals surface area contributed by atoms with E-state index in [1.165, 1.54) is 7.11 Å². The van der Waals surface area contributed by atoms with Gasteiger partial charge in [-0.05, 0) is 56.3 Å². The highest BCUT2D eigenvalue weighted by molar-refractivity contribution is 5.84. The molecule has 0 aliphatic rings. The van der Waals surface area contributed by atoms with Gasteiger partial charge in [-0.3, -0.25) is 20.4 Å². The van der Waals surface area contributed by atoms with Gasteiger partial charge in [0, 0.05) is 18.4 Å². The number of hydrogen-bond acceptors (Lipinski definition) is 9. The zero-order chi connectivity index (χ0) is 25.2. The van der Waals surface area contributed by atoms with Crippen molar-refractivity contribution in [1.29, 1.82) is 0 Å². The van der Waals surface area contributed by atoms with Crippen LogP contribution in [0.2, 0.25) is 0 Å². The Kier molecular flexibility index (Phi) is 8.88. The lowest BCUT2D eigenvalue weighted by Crippen LogP contribution is -2.47. The summed E-state index contributed by atoms with van der Waals surface area (Å²) in [6.45, 7) is 4.03. The molecule has 0 bridgehead atoms. The summed E-state index contributed by atoms with van der Waals surface area (Å²) in [7, 11) is 3.08. The van der Waals surface area contributed by atoms with E-state index in [4.69, 9.17) is 23.5 Å². The standard InChI is InChI=1S/C24H28N4O7/c1-5-33-17-7-9-18(10-8-17)34-15(2)24(30)27-26-21(29)12-13-22-25-23(28-35-22)16-6-11-19(31-3)20(14-16)32-4/h6-11,14-15H,5,12-13H2,1-4H3,(H,26,29)(H,27,30). The van der Waals surface area contributed by atoms with Crippen LogP contribution in [-0.2, 0) is 16.0 Å². The lowest BCUT2D eigenvalue weighted by molar-refractivity contribution is -0.132. The van der Waals surface area contributed by atoms with E-state index in [-0.39, 0.29) is 18.7 Å². The Hall–Kier alpha value is -4.28. The summed E-state index contributed by atoms with van der Waals surface area (Å²) in [6, 6.07) is 12.1. The highest BCUT2D eigenvalue weighted by Crippen LogP contribution is 2.31. The predicted molar refractivity (Wildman–Crippen MR) is 125 cm³/mol. The summed E-state index contributed by atoms with van der Waals surface area (Å²) in [4.78, 5) is 28.6. The van der Waals surface area contributed by atoms with E-state index in [1.807, 2.05) is 6.92 Å². The molecule has 0 saturated heterocycles. The summed E-state index contributed by atoms with van der Waals surface area (Å²) in [6.07, 6.45) is -0.601. The molecule has 2 aromatic carbocycles. The minimum Gasteiger partial charge on any atom is -0.494 e. The highest BCUT2D eigenvalue weighted by atomic mass is 16.5. The van der Waals surface area contributed by atoms with E-state index >= 15 is 0 Å². The van der Waals surface area contributed by atoms with Crippen molar-refractivity contribution in [2.45, 2.75) is 32.8 Å². The number of aromatic nitrogens is 2. The molecule has 35 heavy (non-hydrogen) atoms. The lowest BCUT2D eigenvalue weighted by Gasteiger charge is -2.15. The molecule has 3 rings (SSSR count). The highest BCUT2D eigenvalue weighted by Gasteiger charge is 2.17. The van der Waals surface area contributed by atoms with Gasteiger partial charge in [0.2, 0.25) is 17.6 Å². The SMILES string of the molecule is CCOc1ccc(OC(C)C(=O)NNC(=O)CCc2nc(-c3ccc(OC)c(OC)c3)no2)cc1. The second kappa shape index (κ2) is 12.3. The fourth-order valence-corrected chi connectivity index (χ4v) is 3.00. The molecule has 1 atom stereocenters.